The van der Waals surface area contributed by atoms with Crippen LogP contribution in [0.5, 0.6) is 0 Å². The number of halogens is 2. The molecule has 0 aliphatic rings. The van der Waals surface area contributed by atoms with E-state index in [9.17, 15) is 0 Å². The summed E-state index contributed by atoms with van der Waals surface area (Å²) < 4.78 is 2.55. The number of thiophene rings is 1. The molecule has 3 aromatic rings. The maximum Gasteiger partial charge on any atom is 0.224 e. The van der Waals surface area contributed by atoms with Gasteiger partial charge in [-0.15, -0.1) is 0 Å². The Labute approximate surface area is 153 Å². The summed E-state index contributed by atoms with van der Waals surface area (Å²) in [6, 6.07) is 25.2. The van der Waals surface area contributed by atoms with E-state index in [0.717, 1.165) is 0 Å². The van der Waals surface area contributed by atoms with Gasteiger partial charge in [0.05, 0.1) is 0 Å². The summed E-state index contributed by atoms with van der Waals surface area (Å²) in [6.45, 7) is 4.38. The van der Waals surface area contributed by atoms with E-state index in [2.05, 4.69) is 73.8 Å². The first-order valence-corrected chi connectivity index (χ1v) is 15.4. The van der Waals surface area contributed by atoms with Crippen LogP contribution in [0.4, 0.5) is 0 Å². The highest BCUT2D eigenvalue weighted by molar-refractivity contribution is 7.51. The molecule has 2 atom stereocenters. The maximum absolute atomic E-state index is 7.02. The van der Waals surface area contributed by atoms with Gasteiger partial charge < -0.3 is 0 Å². The fourth-order valence-corrected chi connectivity index (χ4v) is 11.2. The highest BCUT2D eigenvalue weighted by Crippen LogP contribution is 2.17. The first kappa shape index (κ1) is 17.0. The molecule has 118 valence electrons. The van der Waals surface area contributed by atoms with Crippen molar-refractivity contribution < 1.29 is 0 Å². The van der Waals surface area contributed by atoms with Crippen LogP contribution in [0, 0.1) is 0 Å². The number of hydrogen-bond acceptors (Lipinski definition) is 1. The van der Waals surface area contributed by atoms with E-state index in [1.54, 1.807) is 11.3 Å². The molecule has 0 fully saturated rings. The monoisotopic (exact) mass is 392 g/mol. The zero-order valence-corrected chi connectivity index (χ0v) is 17.4. The SMILES string of the molecule is C[Si](Cl)(c1ccccc1)c1ccc([Si](C)(Cl)c2ccccc2)s1. The summed E-state index contributed by atoms with van der Waals surface area (Å²) in [5.41, 5.74) is 0. The maximum atomic E-state index is 7.02. The minimum Gasteiger partial charge on any atom is -0.154 e. The lowest BCUT2D eigenvalue weighted by molar-refractivity contribution is 1.75. The van der Waals surface area contributed by atoms with Crippen molar-refractivity contribution in [1.29, 1.82) is 0 Å². The molecule has 23 heavy (non-hydrogen) atoms. The molecule has 0 spiro atoms. The van der Waals surface area contributed by atoms with Crippen LogP contribution < -0.4 is 19.4 Å². The lowest BCUT2D eigenvalue weighted by atomic mass is 10.4. The van der Waals surface area contributed by atoms with Gasteiger partial charge in [0.15, 0.2) is 0 Å². The second-order valence-electron chi connectivity index (χ2n) is 5.90. The zero-order chi connectivity index (χ0) is 16.5. The van der Waals surface area contributed by atoms with E-state index in [4.69, 9.17) is 22.2 Å². The molecule has 2 aromatic carbocycles. The van der Waals surface area contributed by atoms with Gasteiger partial charge in [0.2, 0.25) is 14.8 Å². The quantitative estimate of drug-likeness (QED) is 0.469. The van der Waals surface area contributed by atoms with Crippen LogP contribution in [0.3, 0.4) is 0 Å². The highest BCUT2D eigenvalue weighted by atomic mass is 35.6. The fraction of sp³-hybridized carbons (Fsp3) is 0.111. The Hall–Kier alpha value is -0.846. The van der Waals surface area contributed by atoms with Gasteiger partial charge in [-0.2, -0.15) is 33.5 Å². The van der Waals surface area contributed by atoms with E-state index in [1.807, 2.05) is 12.1 Å². The Morgan fingerprint density at radius 1 is 0.609 bits per heavy atom. The average molecular weight is 393 g/mol. The molecule has 1 aromatic heterocycles. The number of rotatable bonds is 4. The topological polar surface area (TPSA) is 0 Å². The van der Waals surface area contributed by atoms with Gasteiger partial charge in [0.25, 0.3) is 0 Å². The molecule has 0 radical (unpaired) electrons. The van der Waals surface area contributed by atoms with E-state index in [1.165, 1.54) is 19.4 Å². The predicted molar refractivity (Wildman–Crippen MR) is 111 cm³/mol. The Kier molecular flexibility index (Phi) is 4.86. The van der Waals surface area contributed by atoms with Crippen LogP contribution in [0.25, 0.3) is 0 Å². The van der Waals surface area contributed by atoms with Crippen LogP contribution in [0.15, 0.2) is 72.8 Å². The van der Waals surface area contributed by atoms with Crippen molar-refractivity contribution in [3.05, 3.63) is 72.8 Å². The molecule has 0 aliphatic carbocycles. The van der Waals surface area contributed by atoms with Crippen LogP contribution in [-0.4, -0.2) is 14.8 Å². The van der Waals surface area contributed by atoms with Gasteiger partial charge in [-0.25, -0.2) is 0 Å². The van der Waals surface area contributed by atoms with Gasteiger partial charge in [-0.05, 0) is 23.5 Å². The third-order valence-corrected chi connectivity index (χ3v) is 16.2. The molecule has 5 heteroatoms. The summed E-state index contributed by atoms with van der Waals surface area (Å²) in [5, 5.41) is 2.49. The lowest BCUT2D eigenvalue weighted by Gasteiger charge is -2.20. The molecule has 0 amide bonds. The standard InChI is InChI=1S/C18H18Cl2SSi2/c1-22(19,15-9-5-3-6-10-15)17-13-14-18(21-17)23(2,20)16-11-7-4-8-12-16/h3-14H,1-2H3. The third-order valence-electron chi connectivity index (χ3n) is 4.16. The molecule has 1 heterocycles. The van der Waals surface area contributed by atoms with Crippen molar-refractivity contribution in [3.63, 3.8) is 0 Å². The first-order chi connectivity index (χ1) is 10.9. The number of hydrogen-bond donors (Lipinski definition) is 0. The smallest absolute Gasteiger partial charge is 0.154 e. The van der Waals surface area contributed by atoms with Crippen molar-refractivity contribution in [2.24, 2.45) is 0 Å². The summed E-state index contributed by atoms with van der Waals surface area (Å²) in [6.07, 6.45) is 0. The molecule has 0 saturated carbocycles. The second-order valence-corrected chi connectivity index (χ2v) is 18.5. The van der Waals surface area contributed by atoms with Crippen LogP contribution in [0.2, 0.25) is 13.1 Å². The Balaban J connectivity index is 1.98. The normalized spacial score (nSPS) is 16.5. The zero-order valence-electron chi connectivity index (χ0n) is 13.1. The molecule has 2 unspecified atom stereocenters. The predicted octanol–water partition coefficient (Wildman–Crippen LogP) is 3.60. The molecular weight excluding hydrogens is 375 g/mol. The summed E-state index contributed by atoms with van der Waals surface area (Å²) in [7, 11) is -4.32. The van der Waals surface area contributed by atoms with Gasteiger partial charge in [0, 0.05) is 9.00 Å². The average Bonchev–Trinajstić information content (AvgIpc) is 3.08. The number of benzene rings is 2. The van der Waals surface area contributed by atoms with Gasteiger partial charge in [-0.1, -0.05) is 72.8 Å². The molecule has 0 aliphatic heterocycles. The highest BCUT2D eigenvalue weighted by Gasteiger charge is 2.36. The van der Waals surface area contributed by atoms with Crippen molar-refractivity contribution in [3.8, 4) is 0 Å². The van der Waals surface area contributed by atoms with E-state index in [0.29, 0.717) is 0 Å². The van der Waals surface area contributed by atoms with Crippen molar-refractivity contribution in [2.75, 3.05) is 0 Å². The molecular formula is C18H18Cl2SSi2. The molecule has 0 nitrogen and oxygen atoms in total. The summed E-state index contributed by atoms with van der Waals surface area (Å²) in [4.78, 5) is 0. The van der Waals surface area contributed by atoms with Gasteiger partial charge >= 0.3 is 0 Å². The molecule has 0 bridgehead atoms. The van der Waals surface area contributed by atoms with Crippen molar-refractivity contribution in [1.82, 2.24) is 0 Å². The molecule has 0 saturated heterocycles. The third kappa shape index (κ3) is 3.35. The Morgan fingerprint density at radius 3 is 1.30 bits per heavy atom. The van der Waals surface area contributed by atoms with E-state index in [-0.39, 0.29) is 0 Å². The lowest BCUT2D eigenvalue weighted by Crippen LogP contribution is -2.51. The largest absolute Gasteiger partial charge is 0.224 e. The van der Waals surface area contributed by atoms with Crippen LogP contribution in [-0.2, 0) is 0 Å². The molecule has 0 N–H and O–H groups in total. The Morgan fingerprint density at radius 2 is 0.957 bits per heavy atom. The van der Waals surface area contributed by atoms with Crippen LogP contribution in [0.1, 0.15) is 0 Å². The second kappa shape index (κ2) is 6.57. The summed E-state index contributed by atoms with van der Waals surface area (Å²) >= 11 is 15.8. The van der Waals surface area contributed by atoms with Crippen molar-refractivity contribution >= 4 is 67.6 Å². The molecule has 3 rings (SSSR count). The van der Waals surface area contributed by atoms with E-state index >= 15 is 0 Å². The van der Waals surface area contributed by atoms with Gasteiger partial charge in [0.1, 0.15) is 0 Å². The summed E-state index contributed by atoms with van der Waals surface area (Å²) in [5.74, 6) is 0. The van der Waals surface area contributed by atoms with Crippen molar-refractivity contribution in [2.45, 2.75) is 13.1 Å². The minimum absolute atomic E-state index is 1.24. The Bertz CT molecular complexity index is 717. The van der Waals surface area contributed by atoms with Gasteiger partial charge in [-0.3, -0.25) is 0 Å². The van der Waals surface area contributed by atoms with Crippen LogP contribution >= 0.6 is 33.5 Å². The van der Waals surface area contributed by atoms with E-state index < -0.39 is 14.8 Å². The minimum atomic E-state index is -2.16. The fourth-order valence-electron chi connectivity index (χ4n) is 2.63. The first-order valence-electron chi connectivity index (χ1n) is 7.52.